The summed E-state index contributed by atoms with van der Waals surface area (Å²) in [7, 11) is 0. The Labute approximate surface area is 173 Å². The summed E-state index contributed by atoms with van der Waals surface area (Å²) < 4.78 is 11.2. The Morgan fingerprint density at radius 3 is 2.83 bits per heavy atom. The third-order valence-electron chi connectivity index (χ3n) is 6.34. The Kier molecular flexibility index (Phi) is 4.69. The minimum absolute atomic E-state index is 0.0108. The number of fused-ring (bicyclic) bond motifs is 3. The van der Waals surface area contributed by atoms with Gasteiger partial charge in [0.2, 0.25) is 11.8 Å². The second-order valence-corrected chi connectivity index (χ2v) is 8.30. The zero-order chi connectivity index (χ0) is 20.8. The molecule has 1 unspecified atom stereocenters. The van der Waals surface area contributed by atoms with Crippen molar-refractivity contribution in [1.82, 2.24) is 15.5 Å². The highest BCUT2D eigenvalue weighted by molar-refractivity contribution is 6.05. The fraction of sp³-hybridized carbons (Fsp3) is 0.524. The molecule has 3 saturated heterocycles. The second-order valence-electron chi connectivity index (χ2n) is 8.30. The van der Waals surface area contributed by atoms with E-state index in [0.717, 1.165) is 30.4 Å². The third-order valence-corrected chi connectivity index (χ3v) is 6.34. The molecule has 0 radical (unpaired) electrons. The van der Waals surface area contributed by atoms with E-state index in [2.05, 4.69) is 10.6 Å². The van der Waals surface area contributed by atoms with Crippen molar-refractivity contribution < 1.29 is 28.7 Å². The lowest BCUT2D eigenvalue weighted by Crippen LogP contribution is -2.52. The first-order valence-corrected chi connectivity index (χ1v) is 10.3. The van der Waals surface area contributed by atoms with Crippen molar-refractivity contribution in [1.29, 1.82) is 0 Å². The molecule has 4 aliphatic heterocycles. The van der Waals surface area contributed by atoms with Crippen molar-refractivity contribution in [3.8, 4) is 0 Å². The number of benzene rings is 1. The van der Waals surface area contributed by atoms with Crippen molar-refractivity contribution >= 4 is 23.8 Å². The summed E-state index contributed by atoms with van der Waals surface area (Å²) >= 11 is 0. The van der Waals surface area contributed by atoms with Crippen molar-refractivity contribution in [2.75, 3.05) is 0 Å². The van der Waals surface area contributed by atoms with Crippen LogP contribution in [0, 0.1) is 0 Å². The Morgan fingerprint density at radius 1 is 1.23 bits per heavy atom. The number of alkyl carbamates (subject to hydrolysis) is 1. The number of amides is 4. The van der Waals surface area contributed by atoms with Gasteiger partial charge in [0.05, 0.1) is 12.2 Å². The highest BCUT2D eigenvalue weighted by Crippen LogP contribution is 2.36. The SMILES string of the molecule is O=C1CCC(N2Cc3ccc(CNC(=O)O[C@@H]4C[C@H]5CC[C@@H]4O5)cc3C2=O)C(=O)N1. The topological polar surface area (TPSA) is 114 Å². The number of carbonyl (C=O) groups excluding carboxylic acids is 4. The van der Waals surface area contributed by atoms with Gasteiger partial charge in [-0.25, -0.2) is 4.79 Å². The van der Waals surface area contributed by atoms with E-state index in [0.29, 0.717) is 18.5 Å². The molecule has 4 aliphatic rings. The first kappa shape index (κ1) is 19.0. The Morgan fingerprint density at radius 2 is 2.10 bits per heavy atom. The average Bonchev–Trinajstić information content (AvgIpc) is 3.42. The van der Waals surface area contributed by atoms with E-state index in [4.69, 9.17) is 9.47 Å². The van der Waals surface area contributed by atoms with Gasteiger partial charge in [-0.3, -0.25) is 19.7 Å². The van der Waals surface area contributed by atoms with E-state index in [-0.39, 0.29) is 43.1 Å². The minimum Gasteiger partial charge on any atom is -0.443 e. The van der Waals surface area contributed by atoms with Gasteiger partial charge in [-0.05, 0) is 36.5 Å². The average molecular weight is 413 g/mol. The van der Waals surface area contributed by atoms with Gasteiger partial charge in [-0.1, -0.05) is 12.1 Å². The zero-order valence-corrected chi connectivity index (χ0v) is 16.4. The van der Waals surface area contributed by atoms with E-state index in [1.165, 1.54) is 4.90 Å². The van der Waals surface area contributed by atoms with Crippen LogP contribution in [-0.4, -0.2) is 53.1 Å². The molecular formula is C21H23N3O6. The molecule has 9 heteroatoms. The minimum atomic E-state index is -0.636. The largest absolute Gasteiger partial charge is 0.443 e. The summed E-state index contributed by atoms with van der Waals surface area (Å²) in [5.41, 5.74) is 2.12. The van der Waals surface area contributed by atoms with Crippen LogP contribution in [0.5, 0.6) is 0 Å². The van der Waals surface area contributed by atoms with Crippen LogP contribution in [-0.2, 0) is 32.2 Å². The van der Waals surface area contributed by atoms with Gasteiger partial charge in [-0.15, -0.1) is 0 Å². The monoisotopic (exact) mass is 413 g/mol. The van der Waals surface area contributed by atoms with Gasteiger partial charge in [0.25, 0.3) is 5.91 Å². The van der Waals surface area contributed by atoms with Crippen molar-refractivity contribution in [2.24, 2.45) is 0 Å². The molecular weight excluding hydrogens is 390 g/mol. The molecule has 30 heavy (non-hydrogen) atoms. The van der Waals surface area contributed by atoms with Crippen LogP contribution < -0.4 is 10.6 Å². The standard InChI is InChI=1S/C21H23N3O6/c25-18-6-4-15(19(26)23-18)24-10-12-2-1-11(7-14(12)20(24)27)9-22-21(28)30-17-8-13-3-5-16(17)29-13/h1-2,7,13,15-17H,3-6,8-10H2,(H,22,28)(H,23,25,26)/t13-,15?,16+,17-/m1/s1. The number of hydrogen-bond acceptors (Lipinski definition) is 6. The fourth-order valence-electron chi connectivity index (χ4n) is 4.78. The summed E-state index contributed by atoms with van der Waals surface area (Å²) in [6, 6.07) is 4.79. The van der Waals surface area contributed by atoms with Gasteiger partial charge in [0, 0.05) is 31.5 Å². The van der Waals surface area contributed by atoms with Crippen LogP contribution in [0.25, 0.3) is 0 Å². The number of carbonyl (C=O) groups is 4. The van der Waals surface area contributed by atoms with E-state index in [9.17, 15) is 19.2 Å². The van der Waals surface area contributed by atoms with E-state index < -0.39 is 18.0 Å². The van der Waals surface area contributed by atoms with Crippen molar-refractivity contribution in [3.05, 3.63) is 34.9 Å². The number of hydrogen-bond donors (Lipinski definition) is 2. The van der Waals surface area contributed by atoms with Crippen molar-refractivity contribution in [2.45, 2.75) is 69.5 Å². The maximum absolute atomic E-state index is 12.9. The van der Waals surface area contributed by atoms with Crippen LogP contribution in [0.3, 0.4) is 0 Å². The summed E-state index contributed by atoms with van der Waals surface area (Å²) in [6.45, 7) is 0.569. The molecule has 3 fully saturated rings. The summed E-state index contributed by atoms with van der Waals surface area (Å²) in [5, 5.41) is 5.03. The van der Waals surface area contributed by atoms with Gasteiger partial charge in [0.15, 0.2) is 0 Å². The molecule has 0 spiro atoms. The molecule has 4 amide bonds. The molecule has 0 aromatic heterocycles. The predicted octanol–water partition coefficient (Wildman–Crippen LogP) is 0.994. The van der Waals surface area contributed by atoms with Crippen molar-refractivity contribution in [3.63, 3.8) is 0 Å². The van der Waals surface area contributed by atoms with Gasteiger partial charge >= 0.3 is 6.09 Å². The molecule has 1 aromatic carbocycles. The van der Waals surface area contributed by atoms with E-state index >= 15 is 0 Å². The molecule has 4 atom stereocenters. The second kappa shape index (κ2) is 7.39. The Balaban J connectivity index is 1.19. The lowest BCUT2D eigenvalue weighted by Gasteiger charge is -2.29. The zero-order valence-electron chi connectivity index (χ0n) is 16.4. The highest BCUT2D eigenvalue weighted by atomic mass is 16.6. The van der Waals surface area contributed by atoms with E-state index in [1.807, 2.05) is 12.1 Å². The number of piperidine rings is 1. The van der Waals surface area contributed by atoms with Gasteiger partial charge in [0.1, 0.15) is 12.1 Å². The summed E-state index contributed by atoms with van der Waals surface area (Å²) in [4.78, 5) is 50.0. The quantitative estimate of drug-likeness (QED) is 0.712. The fourth-order valence-corrected chi connectivity index (χ4v) is 4.78. The van der Waals surface area contributed by atoms with Gasteiger partial charge < -0.3 is 19.7 Å². The molecule has 9 nitrogen and oxygen atoms in total. The predicted molar refractivity (Wildman–Crippen MR) is 102 cm³/mol. The molecule has 5 rings (SSSR count). The number of nitrogens with zero attached hydrogens (tertiary/aromatic N) is 1. The highest BCUT2D eigenvalue weighted by Gasteiger charge is 2.43. The normalized spacial score (nSPS) is 29.7. The molecule has 1 aromatic rings. The van der Waals surface area contributed by atoms with Crippen LogP contribution in [0.1, 0.15) is 53.6 Å². The molecule has 158 valence electrons. The smallest absolute Gasteiger partial charge is 0.407 e. The molecule has 2 N–H and O–H groups in total. The molecule has 0 saturated carbocycles. The van der Waals surface area contributed by atoms with Crippen LogP contribution in [0.2, 0.25) is 0 Å². The number of nitrogens with one attached hydrogen (secondary N) is 2. The lowest BCUT2D eigenvalue weighted by molar-refractivity contribution is -0.136. The van der Waals surface area contributed by atoms with Crippen LogP contribution >= 0.6 is 0 Å². The number of rotatable bonds is 4. The first-order valence-electron chi connectivity index (χ1n) is 10.3. The molecule has 4 heterocycles. The maximum Gasteiger partial charge on any atom is 0.407 e. The van der Waals surface area contributed by atoms with Gasteiger partial charge in [-0.2, -0.15) is 0 Å². The Bertz CT molecular complexity index is 931. The number of ether oxygens (including phenoxy) is 2. The first-order chi connectivity index (χ1) is 14.5. The Hall–Kier alpha value is -2.94. The molecule has 0 aliphatic carbocycles. The lowest BCUT2D eigenvalue weighted by atomic mass is 9.98. The maximum atomic E-state index is 12.9. The van der Waals surface area contributed by atoms with Crippen LogP contribution in [0.15, 0.2) is 18.2 Å². The summed E-state index contributed by atoms with van der Waals surface area (Å²) in [5.74, 6) is -0.970. The van der Waals surface area contributed by atoms with Crippen LogP contribution in [0.4, 0.5) is 4.79 Å². The number of imide groups is 1. The third kappa shape index (κ3) is 3.43. The van der Waals surface area contributed by atoms with E-state index in [1.54, 1.807) is 6.07 Å². The summed E-state index contributed by atoms with van der Waals surface area (Å²) in [6.07, 6.45) is 2.81. The molecule has 2 bridgehead atoms.